The lowest BCUT2D eigenvalue weighted by atomic mass is 10.1. The van der Waals surface area contributed by atoms with E-state index in [2.05, 4.69) is 10.1 Å². The number of carbonyl (C=O) groups is 1. The second-order valence-corrected chi connectivity index (χ2v) is 10.7. The van der Waals surface area contributed by atoms with Crippen molar-refractivity contribution in [2.45, 2.75) is 25.6 Å². The summed E-state index contributed by atoms with van der Waals surface area (Å²) in [6, 6.07) is 9.11. The molecule has 1 amide bonds. The highest BCUT2D eigenvalue weighted by molar-refractivity contribution is 8.18. The zero-order valence-corrected chi connectivity index (χ0v) is 20.8. The summed E-state index contributed by atoms with van der Waals surface area (Å²) < 4.78 is 41.9. The lowest BCUT2D eigenvalue weighted by Crippen LogP contribution is -2.31. The molecule has 2 heterocycles. The Kier molecular flexibility index (Phi) is 6.38. The fourth-order valence-corrected chi connectivity index (χ4v) is 5.31. The molecule has 5 rings (SSSR count). The van der Waals surface area contributed by atoms with E-state index in [9.17, 15) is 23.1 Å². The average Bonchev–Trinajstić information content (AvgIpc) is 3.35. The van der Waals surface area contributed by atoms with Gasteiger partial charge in [0.2, 0.25) is 0 Å². The van der Waals surface area contributed by atoms with Crippen LogP contribution in [0.5, 0.6) is 0 Å². The van der Waals surface area contributed by atoms with Crippen LogP contribution in [0.3, 0.4) is 0 Å². The third-order valence-corrected chi connectivity index (χ3v) is 7.79. The number of fused-ring (bicyclic) bond motifs is 1. The Hall–Kier alpha value is -2.82. The van der Waals surface area contributed by atoms with Gasteiger partial charge in [0.25, 0.3) is 5.91 Å². The van der Waals surface area contributed by atoms with Gasteiger partial charge in [-0.25, -0.2) is 0 Å². The number of amidine groups is 1. The molecule has 0 unspecified atom stereocenters. The van der Waals surface area contributed by atoms with Crippen molar-refractivity contribution in [3.05, 3.63) is 69.2 Å². The third kappa shape index (κ3) is 5.02. The molecule has 0 bridgehead atoms. The van der Waals surface area contributed by atoms with Crippen LogP contribution in [0.1, 0.15) is 29.5 Å². The SMILES string of the molecule is CN(CC1(CO)CC1)C1=NC(=O)/C(=C/c2ccc3c(cnn3Cc3ccc(Cl)cc3C(F)(F)F)c2)S1. The number of aliphatic hydroxyl groups excluding tert-OH is 1. The molecule has 1 fully saturated rings. The molecular weight excluding hydrogens is 513 g/mol. The number of rotatable bonds is 6. The Balaban J connectivity index is 1.34. The molecule has 1 N–H and O–H groups in total. The Bertz CT molecular complexity index is 1410. The molecule has 0 spiro atoms. The predicted molar refractivity (Wildman–Crippen MR) is 135 cm³/mol. The molecule has 2 aliphatic rings. The van der Waals surface area contributed by atoms with Gasteiger partial charge in [-0.1, -0.05) is 23.7 Å². The molecule has 0 atom stereocenters. The molecule has 0 saturated heterocycles. The molecule has 1 saturated carbocycles. The van der Waals surface area contributed by atoms with Crippen molar-refractivity contribution in [1.82, 2.24) is 14.7 Å². The van der Waals surface area contributed by atoms with Gasteiger partial charge in [0, 0.05) is 29.4 Å². The first kappa shape index (κ1) is 24.9. The summed E-state index contributed by atoms with van der Waals surface area (Å²) in [5.74, 6) is -0.325. The smallest absolute Gasteiger partial charge is 0.396 e. The van der Waals surface area contributed by atoms with E-state index in [1.807, 2.05) is 18.0 Å². The van der Waals surface area contributed by atoms with E-state index in [4.69, 9.17) is 11.6 Å². The van der Waals surface area contributed by atoms with E-state index in [1.54, 1.807) is 24.4 Å². The molecule has 1 aliphatic heterocycles. The summed E-state index contributed by atoms with van der Waals surface area (Å²) in [4.78, 5) is 19.0. The minimum Gasteiger partial charge on any atom is -0.396 e. The highest BCUT2D eigenvalue weighted by Gasteiger charge is 2.44. The topological polar surface area (TPSA) is 70.7 Å². The maximum Gasteiger partial charge on any atom is 0.416 e. The van der Waals surface area contributed by atoms with E-state index >= 15 is 0 Å². The van der Waals surface area contributed by atoms with E-state index < -0.39 is 11.7 Å². The van der Waals surface area contributed by atoms with Crippen molar-refractivity contribution in [2.24, 2.45) is 10.4 Å². The van der Waals surface area contributed by atoms with E-state index in [1.165, 1.54) is 28.6 Å². The number of alkyl halides is 3. The maximum absolute atomic E-state index is 13.5. The molecule has 2 aromatic carbocycles. The first-order chi connectivity index (χ1) is 17.1. The molecule has 188 valence electrons. The van der Waals surface area contributed by atoms with Crippen LogP contribution < -0.4 is 0 Å². The van der Waals surface area contributed by atoms with Crippen LogP contribution in [0.4, 0.5) is 13.2 Å². The van der Waals surface area contributed by atoms with Gasteiger partial charge in [0.05, 0.1) is 35.3 Å². The Morgan fingerprint density at radius 1 is 1.25 bits per heavy atom. The van der Waals surface area contributed by atoms with Crippen molar-refractivity contribution in [2.75, 3.05) is 20.2 Å². The summed E-state index contributed by atoms with van der Waals surface area (Å²) in [7, 11) is 1.86. The van der Waals surface area contributed by atoms with E-state index in [-0.39, 0.29) is 35.1 Å². The average molecular weight is 535 g/mol. The Morgan fingerprint density at radius 2 is 2.03 bits per heavy atom. The number of hydrogen-bond acceptors (Lipinski definition) is 5. The van der Waals surface area contributed by atoms with Gasteiger partial charge in [-0.3, -0.25) is 9.48 Å². The van der Waals surface area contributed by atoms with Gasteiger partial charge in [0.1, 0.15) is 0 Å². The van der Waals surface area contributed by atoms with Crippen molar-refractivity contribution < 1.29 is 23.1 Å². The molecular formula is C25H22ClF3N4O2S. The number of halogens is 4. The number of amides is 1. The van der Waals surface area contributed by atoms with Crippen molar-refractivity contribution in [3.8, 4) is 0 Å². The van der Waals surface area contributed by atoms with Gasteiger partial charge in [-0.15, -0.1) is 0 Å². The minimum absolute atomic E-state index is 0.0205. The summed E-state index contributed by atoms with van der Waals surface area (Å²) in [6.45, 7) is 0.697. The first-order valence-electron chi connectivity index (χ1n) is 11.2. The minimum atomic E-state index is -4.53. The molecule has 0 radical (unpaired) electrons. The third-order valence-electron chi connectivity index (χ3n) is 6.46. The van der Waals surface area contributed by atoms with Crippen LogP contribution in [0.2, 0.25) is 5.02 Å². The van der Waals surface area contributed by atoms with Gasteiger partial charge in [0.15, 0.2) is 5.17 Å². The Labute approximate surface area is 214 Å². The monoisotopic (exact) mass is 534 g/mol. The normalized spacial score (nSPS) is 18.2. The van der Waals surface area contributed by atoms with Gasteiger partial charge >= 0.3 is 6.18 Å². The quantitative estimate of drug-likeness (QED) is 0.427. The highest BCUT2D eigenvalue weighted by Crippen LogP contribution is 2.46. The number of nitrogens with zero attached hydrogens (tertiary/aromatic N) is 4. The van der Waals surface area contributed by atoms with Crippen molar-refractivity contribution in [3.63, 3.8) is 0 Å². The zero-order chi connectivity index (χ0) is 25.7. The highest BCUT2D eigenvalue weighted by atomic mass is 35.5. The molecule has 1 aliphatic carbocycles. The van der Waals surface area contributed by atoms with Crippen molar-refractivity contribution >= 4 is 51.4 Å². The van der Waals surface area contributed by atoms with Crippen LogP contribution in [0, 0.1) is 5.41 Å². The molecule has 1 aromatic heterocycles. The van der Waals surface area contributed by atoms with Gasteiger partial charge in [-0.2, -0.15) is 23.3 Å². The largest absolute Gasteiger partial charge is 0.416 e. The lowest BCUT2D eigenvalue weighted by Gasteiger charge is -2.22. The maximum atomic E-state index is 13.5. The summed E-state index contributed by atoms with van der Waals surface area (Å²) in [5.41, 5.74) is 0.614. The number of aliphatic imine (C=N–C) groups is 1. The molecule has 6 nitrogen and oxygen atoms in total. The number of benzene rings is 2. The van der Waals surface area contributed by atoms with E-state index in [0.29, 0.717) is 22.1 Å². The summed E-state index contributed by atoms with van der Waals surface area (Å²) in [6.07, 6.45) is 0.732. The Morgan fingerprint density at radius 3 is 2.72 bits per heavy atom. The van der Waals surface area contributed by atoms with Crippen LogP contribution in [-0.2, 0) is 17.5 Å². The van der Waals surface area contributed by atoms with Crippen LogP contribution in [-0.4, -0.2) is 51.1 Å². The number of carbonyl (C=O) groups excluding carboxylic acids is 1. The van der Waals surface area contributed by atoms with Gasteiger partial charge < -0.3 is 10.0 Å². The second-order valence-electron chi connectivity index (χ2n) is 9.24. The number of aromatic nitrogens is 2. The standard InChI is InChI=1S/C25H22ClF3N4O2S/c1-32(13-24(14-34)6-7-24)23-31-22(35)21(36-23)9-15-2-5-20-17(8-15)11-30-33(20)12-16-3-4-18(26)10-19(16)25(27,28)29/h2-5,8-11,34H,6-7,12-14H2,1H3/b21-9-. The summed E-state index contributed by atoms with van der Waals surface area (Å²) in [5, 5.41) is 15.2. The fourth-order valence-electron chi connectivity index (χ4n) is 4.26. The zero-order valence-electron chi connectivity index (χ0n) is 19.2. The molecule has 3 aromatic rings. The first-order valence-corrected chi connectivity index (χ1v) is 12.4. The van der Waals surface area contributed by atoms with Crippen LogP contribution in [0.25, 0.3) is 17.0 Å². The number of hydrogen-bond donors (Lipinski definition) is 1. The lowest BCUT2D eigenvalue weighted by molar-refractivity contribution is -0.138. The summed E-state index contributed by atoms with van der Waals surface area (Å²) >= 11 is 7.07. The van der Waals surface area contributed by atoms with Gasteiger partial charge in [-0.05, 0) is 66.1 Å². The fraction of sp³-hybridized carbons (Fsp3) is 0.320. The number of aliphatic hydroxyl groups is 1. The predicted octanol–water partition coefficient (Wildman–Crippen LogP) is 5.43. The van der Waals surface area contributed by atoms with Crippen molar-refractivity contribution in [1.29, 1.82) is 0 Å². The molecule has 11 heteroatoms. The molecule has 36 heavy (non-hydrogen) atoms. The van der Waals surface area contributed by atoms with Crippen LogP contribution >= 0.6 is 23.4 Å². The van der Waals surface area contributed by atoms with Crippen LogP contribution in [0.15, 0.2) is 52.5 Å². The van der Waals surface area contributed by atoms with E-state index in [0.717, 1.165) is 29.9 Å². The number of thioether (sulfide) groups is 1. The second kappa shape index (κ2) is 9.24.